The van der Waals surface area contributed by atoms with Crippen LogP contribution in [0.3, 0.4) is 0 Å². The second kappa shape index (κ2) is 10.1. The Hall–Kier alpha value is -4.00. The molecule has 3 N–H and O–H groups in total. The predicted octanol–water partition coefficient (Wildman–Crippen LogP) is 3.68. The molecule has 184 valence electrons. The van der Waals surface area contributed by atoms with E-state index in [1.165, 1.54) is 24.3 Å². The molecule has 9 nitrogen and oxygen atoms in total. The van der Waals surface area contributed by atoms with Gasteiger partial charge >= 0.3 is 6.18 Å². The maximum absolute atomic E-state index is 14.1. The Labute approximate surface area is 197 Å². The number of halogens is 4. The first-order valence-electron chi connectivity index (χ1n) is 10.5. The van der Waals surface area contributed by atoms with E-state index in [1.54, 1.807) is 11.8 Å². The van der Waals surface area contributed by atoms with Crippen LogP contribution in [0.5, 0.6) is 0 Å². The van der Waals surface area contributed by atoms with Crippen molar-refractivity contribution in [1.82, 2.24) is 20.4 Å². The van der Waals surface area contributed by atoms with Gasteiger partial charge in [0.25, 0.3) is 5.91 Å². The number of anilines is 4. The fourth-order valence-electron chi connectivity index (χ4n) is 3.34. The summed E-state index contributed by atoms with van der Waals surface area (Å²) in [5, 5.41) is 2.87. The standard InChI is InChI=1S/C22H21F4N7O2/c1-13-17(29-15-4-2-3-14(11-15)22(24,25)26)5-6-18(28-13)20(34)31-32-21-27-12-16(23)19(30-21)33-7-9-35-10-8-33/h2-6,11-12,29H,7-10H2,1H3,(H,31,34)(H,27,30,32). The lowest BCUT2D eigenvalue weighted by Crippen LogP contribution is -2.38. The molecule has 0 unspecified atom stereocenters. The number of aromatic nitrogens is 3. The van der Waals surface area contributed by atoms with E-state index in [2.05, 4.69) is 31.1 Å². The minimum Gasteiger partial charge on any atom is -0.378 e. The maximum Gasteiger partial charge on any atom is 0.416 e. The molecule has 0 saturated carbocycles. The van der Waals surface area contributed by atoms with Crippen molar-refractivity contribution in [1.29, 1.82) is 0 Å². The number of amides is 1. The van der Waals surface area contributed by atoms with Crippen LogP contribution in [0.2, 0.25) is 0 Å². The van der Waals surface area contributed by atoms with Crippen molar-refractivity contribution in [3.8, 4) is 0 Å². The minimum atomic E-state index is -4.46. The molecule has 13 heteroatoms. The Kier molecular flexibility index (Phi) is 6.96. The molecule has 3 heterocycles. The summed E-state index contributed by atoms with van der Waals surface area (Å²) in [5.41, 5.74) is 5.25. The largest absolute Gasteiger partial charge is 0.416 e. The second-order valence-electron chi connectivity index (χ2n) is 7.58. The fraction of sp³-hybridized carbons (Fsp3) is 0.273. The van der Waals surface area contributed by atoms with Gasteiger partial charge in [0.2, 0.25) is 5.95 Å². The lowest BCUT2D eigenvalue weighted by atomic mass is 10.2. The van der Waals surface area contributed by atoms with Gasteiger partial charge in [-0.25, -0.2) is 14.4 Å². The fourth-order valence-corrected chi connectivity index (χ4v) is 3.34. The van der Waals surface area contributed by atoms with E-state index in [9.17, 15) is 22.4 Å². The van der Waals surface area contributed by atoms with Crippen LogP contribution in [-0.4, -0.2) is 47.2 Å². The number of hydrazine groups is 1. The molecule has 1 aliphatic heterocycles. The Morgan fingerprint density at radius 1 is 1.11 bits per heavy atom. The van der Waals surface area contributed by atoms with E-state index in [1.807, 2.05) is 0 Å². The second-order valence-corrected chi connectivity index (χ2v) is 7.58. The van der Waals surface area contributed by atoms with Crippen LogP contribution in [0, 0.1) is 12.7 Å². The highest BCUT2D eigenvalue weighted by Crippen LogP contribution is 2.31. The summed E-state index contributed by atoms with van der Waals surface area (Å²) >= 11 is 0. The molecule has 1 amide bonds. The van der Waals surface area contributed by atoms with Gasteiger partial charge in [0.05, 0.1) is 36.4 Å². The number of carbonyl (C=O) groups excluding carboxylic acids is 1. The minimum absolute atomic E-state index is 0.0132. The number of nitrogens with one attached hydrogen (secondary N) is 3. The van der Waals surface area contributed by atoms with E-state index >= 15 is 0 Å². The van der Waals surface area contributed by atoms with E-state index in [0.29, 0.717) is 37.7 Å². The number of aryl methyl sites for hydroxylation is 1. The zero-order valence-electron chi connectivity index (χ0n) is 18.5. The summed E-state index contributed by atoms with van der Waals surface area (Å²) < 4.78 is 58.2. The Bertz CT molecular complexity index is 1220. The van der Waals surface area contributed by atoms with Crippen molar-refractivity contribution in [2.45, 2.75) is 13.1 Å². The Morgan fingerprint density at radius 2 is 1.89 bits per heavy atom. The van der Waals surface area contributed by atoms with Gasteiger partial charge in [0.1, 0.15) is 5.69 Å². The zero-order valence-corrected chi connectivity index (χ0v) is 18.5. The third-order valence-electron chi connectivity index (χ3n) is 5.11. The number of hydrogen-bond donors (Lipinski definition) is 3. The lowest BCUT2D eigenvalue weighted by Gasteiger charge is -2.28. The van der Waals surface area contributed by atoms with Crippen LogP contribution in [-0.2, 0) is 10.9 Å². The van der Waals surface area contributed by atoms with Crippen LogP contribution in [0.25, 0.3) is 0 Å². The molecule has 1 aromatic carbocycles. The number of benzene rings is 1. The number of carbonyl (C=O) groups is 1. The molecular formula is C22H21F4N7O2. The van der Waals surface area contributed by atoms with Gasteiger partial charge in [-0.3, -0.25) is 15.6 Å². The van der Waals surface area contributed by atoms with Gasteiger partial charge in [-0.15, -0.1) is 0 Å². The Balaban J connectivity index is 1.41. The molecule has 1 saturated heterocycles. The third-order valence-corrected chi connectivity index (χ3v) is 5.11. The number of rotatable bonds is 6. The molecular weight excluding hydrogens is 470 g/mol. The quantitative estimate of drug-likeness (QED) is 0.355. The topological polar surface area (TPSA) is 104 Å². The highest BCUT2D eigenvalue weighted by molar-refractivity contribution is 5.93. The van der Waals surface area contributed by atoms with Crippen molar-refractivity contribution in [2.24, 2.45) is 0 Å². The smallest absolute Gasteiger partial charge is 0.378 e. The first kappa shape index (κ1) is 24.1. The number of pyridine rings is 1. The van der Waals surface area contributed by atoms with Crippen molar-refractivity contribution in [3.05, 3.63) is 65.4 Å². The number of ether oxygens (including phenoxy) is 1. The first-order chi connectivity index (χ1) is 16.7. The van der Waals surface area contributed by atoms with Gasteiger partial charge in [-0.1, -0.05) is 6.07 Å². The van der Waals surface area contributed by atoms with E-state index in [-0.39, 0.29) is 23.1 Å². The van der Waals surface area contributed by atoms with Crippen LogP contribution in [0.4, 0.5) is 40.7 Å². The number of alkyl halides is 3. The molecule has 0 bridgehead atoms. The maximum atomic E-state index is 14.1. The van der Waals surface area contributed by atoms with Crippen LogP contribution in [0.15, 0.2) is 42.6 Å². The lowest BCUT2D eigenvalue weighted by molar-refractivity contribution is -0.137. The molecule has 0 atom stereocenters. The highest BCUT2D eigenvalue weighted by Gasteiger charge is 2.30. The highest BCUT2D eigenvalue weighted by atomic mass is 19.4. The van der Waals surface area contributed by atoms with Gasteiger partial charge in [0, 0.05) is 18.8 Å². The molecule has 0 radical (unpaired) electrons. The summed E-state index contributed by atoms with van der Waals surface area (Å²) in [5.74, 6) is -1.12. The van der Waals surface area contributed by atoms with Crippen molar-refractivity contribution < 1.29 is 27.1 Å². The van der Waals surface area contributed by atoms with Crippen molar-refractivity contribution in [3.63, 3.8) is 0 Å². The molecule has 1 fully saturated rings. The van der Waals surface area contributed by atoms with Crippen molar-refractivity contribution >= 4 is 29.0 Å². The summed E-state index contributed by atoms with van der Waals surface area (Å²) in [6.07, 6.45) is -3.46. The average molecular weight is 491 g/mol. The van der Waals surface area contributed by atoms with E-state index < -0.39 is 23.5 Å². The van der Waals surface area contributed by atoms with Crippen molar-refractivity contribution in [2.75, 3.05) is 41.9 Å². The zero-order chi connectivity index (χ0) is 25.0. The van der Waals surface area contributed by atoms with E-state index in [4.69, 9.17) is 4.74 Å². The normalized spacial score (nSPS) is 13.9. The molecule has 0 aliphatic carbocycles. The SMILES string of the molecule is Cc1nc(C(=O)NNc2ncc(F)c(N3CCOCC3)n2)ccc1Nc1cccc(C(F)(F)F)c1. The van der Waals surface area contributed by atoms with Crippen LogP contribution >= 0.6 is 0 Å². The van der Waals surface area contributed by atoms with Crippen LogP contribution in [0.1, 0.15) is 21.7 Å². The van der Waals surface area contributed by atoms with Gasteiger partial charge in [0.15, 0.2) is 11.6 Å². The molecule has 0 spiro atoms. The van der Waals surface area contributed by atoms with Gasteiger partial charge in [-0.05, 0) is 37.3 Å². The molecule has 1 aliphatic rings. The summed E-state index contributed by atoms with van der Waals surface area (Å²) in [4.78, 5) is 26.4. The van der Waals surface area contributed by atoms with Gasteiger partial charge < -0.3 is 15.0 Å². The van der Waals surface area contributed by atoms with Crippen LogP contribution < -0.4 is 21.1 Å². The number of morpholine rings is 1. The summed E-state index contributed by atoms with van der Waals surface area (Å²) in [6, 6.07) is 7.69. The first-order valence-corrected chi connectivity index (χ1v) is 10.5. The molecule has 2 aromatic heterocycles. The Morgan fingerprint density at radius 3 is 2.60 bits per heavy atom. The molecule has 35 heavy (non-hydrogen) atoms. The van der Waals surface area contributed by atoms with Gasteiger partial charge in [-0.2, -0.15) is 18.2 Å². The summed E-state index contributed by atoms with van der Waals surface area (Å²) in [7, 11) is 0. The molecule has 4 rings (SSSR count). The van der Waals surface area contributed by atoms with E-state index in [0.717, 1.165) is 18.3 Å². The number of nitrogens with zero attached hydrogens (tertiary/aromatic N) is 4. The average Bonchev–Trinajstić information content (AvgIpc) is 2.85. The number of hydrogen-bond acceptors (Lipinski definition) is 8. The molecule has 3 aromatic rings. The summed E-state index contributed by atoms with van der Waals surface area (Å²) in [6.45, 7) is 3.46. The third kappa shape index (κ3) is 5.93. The monoisotopic (exact) mass is 491 g/mol. The predicted molar refractivity (Wildman–Crippen MR) is 120 cm³/mol.